The first kappa shape index (κ1) is 21.9. The smallest absolute Gasteiger partial charge is 0.265 e. The minimum absolute atomic E-state index is 0.00884. The van der Waals surface area contributed by atoms with Crippen LogP contribution in [0.3, 0.4) is 0 Å². The van der Waals surface area contributed by atoms with Crippen molar-refractivity contribution in [2.24, 2.45) is 0 Å². The summed E-state index contributed by atoms with van der Waals surface area (Å²) in [6, 6.07) is 9.66. The number of carbonyl (C=O) groups excluding carboxylic acids is 2. The zero-order valence-corrected chi connectivity index (χ0v) is 18.6. The highest BCUT2D eigenvalue weighted by atomic mass is 79.9. The number of rotatable bonds is 6. The van der Waals surface area contributed by atoms with E-state index in [0.29, 0.717) is 33.7 Å². The third-order valence-electron chi connectivity index (χ3n) is 4.28. The van der Waals surface area contributed by atoms with Crippen LogP contribution in [-0.2, 0) is 16.2 Å². The van der Waals surface area contributed by atoms with Crippen LogP contribution in [0.2, 0.25) is 0 Å². The van der Waals surface area contributed by atoms with E-state index in [4.69, 9.17) is 21.7 Å². The fourth-order valence-electron chi connectivity index (χ4n) is 2.75. The van der Waals surface area contributed by atoms with Crippen molar-refractivity contribution in [3.63, 3.8) is 0 Å². The van der Waals surface area contributed by atoms with E-state index in [0.717, 1.165) is 0 Å². The topological polar surface area (TPSA) is 67.9 Å². The van der Waals surface area contributed by atoms with Crippen molar-refractivity contribution in [1.29, 1.82) is 0 Å². The number of halogens is 2. The second-order valence-electron chi connectivity index (χ2n) is 6.32. The maximum atomic E-state index is 13.9. The Morgan fingerprint density at radius 3 is 2.67 bits per heavy atom. The van der Waals surface area contributed by atoms with Crippen LogP contribution in [-0.4, -0.2) is 35.5 Å². The maximum Gasteiger partial charge on any atom is 0.265 e. The van der Waals surface area contributed by atoms with Crippen LogP contribution in [0.4, 0.5) is 4.39 Å². The Hall–Kier alpha value is -2.78. The van der Waals surface area contributed by atoms with Gasteiger partial charge in [0.1, 0.15) is 18.0 Å². The first-order chi connectivity index (χ1) is 14.3. The number of nitrogens with one attached hydrogen (secondary N) is 1. The van der Waals surface area contributed by atoms with Gasteiger partial charge < -0.3 is 9.47 Å². The molecule has 1 N–H and O–H groups in total. The molecule has 0 radical (unpaired) electrons. The summed E-state index contributed by atoms with van der Waals surface area (Å²) in [6.45, 7) is 2.18. The number of amides is 2. The van der Waals surface area contributed by atoms with Crippen molar-refractivity contribution >= 4 is 51.2 Å². The van der Waals surface area contributed by atoms with Crippen LogP contribution in [0, 0.1) is 5.82 Å². The summed E-state index contributed by atoms with van der Waals surface area (Å²) in [4.78, 5) is 25.8. The van der Waals surface area contributed by atoms with E-state index in [1.807, 2.05) is 6.92 Å². The molecule has 1 saturated heterocycles. The lowest BCUT2D eigenvalue weighted by atomic mass is 10.1. The Bertz CT molecular complexity index is 1060. The first-order valence-electron chi connectivity index (χ1n) is 8.99. The lowest BCUT2D eigenvalue weighted by Gasteiger charge is -2.25. The molecule has 156 valence electrons. The highest BCUT2D eigenvalue weighted by molar-refractivity contribution is 9.10. The van der Waals surface area contributed by atoms with Crippen molar-refractivity contribution < 1.29 is 23.5 Å². The molecule has 30 heavy (non-hydrogen) atoms. The van der Waals surface area contributed by atoms with Gasteiger partial charge in [0.25, 0.3) is 11.8 Å². The largest absolute Gasteiger partial charge is 0.490 e. The second kappa shape index (κ2) is 9.36. The van der Waals surface area contributed by atoms with E-state index in [1.54, 1.807) is 30.3 Å². The van der Waals surface area contributed by atoms with E-state index in [9.17, 15) is 14.0 Å². The number of nitrogens with zero attached hydrogens (tertiary/aromatic N) is 1. The van der Waals surface area contributed by atoms with Gasteiger partial charge in [-0.15, -0.1) is 0 Å². The predicted molar refractivity (Wildman–Crippen MR) is 118 cm³/mol. The molecule has 2 aromatic rings. The molecule has 1 heterocycles. The molecule has 0 unspecified atom stereocenters. The Morgan fingerprint density at radius 1 is 1.23 bits per heavy atom. The molecule has 0 aliphatic carbocycles. The fourth-order valence-corrected chi connectivity index (χ4v) is 3.50. The monoisotopic (exact) mass is 492 g/mol. The van der Waals surface area contributed by atoms with Gasteiger partial charge in [0.15, 0.2) is 16.6 Å². The Balaban J connectivity index is 1.93. The van der Waals surface area contributed by atoms with Crippen molar-refractivity contribution in [3.8, 4) is 11.5 Å². The Morgan fingerprint density at radius 2 is 1.97 bits per heavy atom. The predicted octanol–water partition coefficient (Wildman–Crippen LogP) is 3.82. The van der Waals surface area contributed by atoms with Gasteiger partial charge in [0, 0.05) is 12.6 Å². The number of benzene rings is 2. The summed E-state index contributed by atoms with van der Waals surface area (Å²) in [7, 11) is 1.49. The van der Waals surface area contributed by atoms with Gasteiger partial charge in [-0.05, 0) is 64.9 Å². The lowest BCUT2D eigenvalue weighted by Crippen LogP contribution is -2.52. The summed E-state index contributed by atoms with van der Waals surface area (Å²) in [5, 5.41) is 2.52. The summed E-state index contributed by atoms with van der Waals surface area (Å²) < 4.78 is 25.9. The minimum Gasteiger partial charge on any atom is -0.490 e. The van der Waals surface area contributed by atoms with Gasteiger partial charge in [-0.25, -0.2) is 4.39 Å². The van der Waals surface area contributed by atoms with E-state index >= 15 is 0 Å². The van der Waals surface area contributed by atoms with E-state index in [-0.39, 0.29) is 23.1 Å². The molecule has 0 saturated carbocycles. The molecular formula is C21H18BrFN2O4S. The zero-order valence-electron chi connectivity index (χ0n) is 16.2. The number of ether oxygens (including phenoxy) is 2. The molecule has 1 aliphatic rings. The van der Waals surface area contributed by atoms with E-state index in [1.165, 1.54) is 24.1 Å². The zero-order chi connectivity index (χ0) is 21.8. The van der Waals surface area contributed by atoms with Crippen molar-refractivity contribution in [2.45, 2.75) is 13.5 Å². The molecule has 0 atom stereocenters. The van der Waals surface area contributed by atoms with Crippen LogP contribution in [0.15, 0.2) is 46.4 Å². The number of carbonyl (C=O) groups is 2. The molecule has 0 spiro atoms. The van der Waals surface area contributed by atoms with Gasteiger partial charge in [0.05, 0.1) is 11.1 Å². The molecule has 0 bridgehead atoms. The summed E-state index contributed by atoms with van der Waals surface area (Å²) in [6.07, 6.45) is 1.45. The molecule has 1 fully saturated rings. The second-order valence-corrected chi connectivity index (χ2v) is 7.57. The fraction of sp³-hybridized carbons (Fsp3) is 0.190. The average molecular weight is 493 g/mol. The van der Waals surface area contributed by atoms with Crippen molar-refractivity contribution in [3.05, 3.63) is 63.4 Å². The van der Waals surface area contributed by atoms with Crippen molar-refractivity contribution in [1.82, 2.24) is 10.2 Å². The van der Waals surface area contributed by atoms with Crippen molar-refractivity contribution in [2.75, 3.05) is 13.7 Å². The normalized spacial score (nSPS) is 15.4. The highest BCUT2D eigenvalue weighted by Crippen LogP contribution is 2.38. The van der Waals surface area contributed by atoms with Gasteiger partial charge in [-0.2, -0.15) is 0 Å². The number of thiocarbonyl (C=S) groups is 1. The molecule has 0 aromatic heterocycles. The van der Waals surface area contributed by atoms with E-state index < -0.39 is 11.8 Å². The van der Waals surface area contributed by atoms with Crippen LogP contribution >= 0.6 is 28.1 Å². The average Bonchev–Trinajstić information content (AvgIpc) is 2.70. The van der Waals surface area contributed by atoms with Crippen LogP contribution in [0.25, 0.3) is 6.08 Å². The van der Waals surface area contributed by atoms with E-state index in [2.05, 4.69) is 21.2 Å². The molecule has 3 rings (SSSR count). The third-order valence-corrected chi connectivity index (χ3v) is 5.24. The van der Waals surface area contributed by atoms with Gasteiger partial charge >= 0.3 is 0 Å². The van der Waals surface area contributed by atoms with Gasteiger partial charge in [0.2, 0.25) is 0 Å². The number of hydrogen-bond acceptors (Lipinski definition) is 5. The molecule has 2 amide bonds. The number of hydrogen-bond donors (Lipinski definition) is 1. The van der Waals surface area contributed by atoms with Gasteiger partial charge in [-0.1, -0.05) is 18.2 Å². The lowest BCUT2D eigenvalue weighted by molar-refractivity contribution is -0.128. The van der Waals surface area contributed by atoms with Crippen LogP contribution in [0.1, 0.15) is 18.1 Å². The Kier molecular flexibility index (Phi) is 6.84. The summed E-state index contributed by atoms with van der Waals surface area (Å²) >= 11 is 8.38. The molecule has 2 aromatic carbocycles. The van der Waals surface area contributed by atoms with Crippen LogP contribution in [0.5, 0.6) is 11.5 Å². The summed E-state index contributed by atoms with van der Waals surface area (Å²) in [5.74, 6) is -0.658. The van der Waals surface area contributed by atoms with Gasteiger partial charge in [-0.3, -0.25) is 19.8 Å². The SMILES string of the molecule is CCOc1cc(C=C2C(=O)NC(=S)N(C)C2=O)cc(Br)c1OCc1ccccc1F. The molecule has 9 heteroatoms. The molecule has 1 aliphatic heterocycles. The third kappa shape index (κ3) is 4.68. The van der Waals surface area contributed by atoms with Crippen LogP contribution < -0.4 is 14.8 Å². The summed E-state index contributed by atoms with van der Waals surface area (Å²) in [5.41, 5.74) is 0.894. The highest BCUT2D eigenvalue weighted by Gasteiger charge is 2.30. The molecular weight excluding hydrogens is 475 g/mol. The minimum atomic E-state index is -0.572. The Labute approximate surface area is 186 Å². The quantitative estimate of drug-likeness (QED) is 0.377. The first-order valence-corrected chi connectivity index (χ1v) is 10.2. The molecule has 6 nitrogen and oxygen atoms in total. The number of likely N-dealkylation sites (N-methyl/N-ethyl adjacent to an activating group) is 1. The standard InChI is InChI=1S/C21H18BrFN2O4S/c1-3-28-17-10-12(8-14-19(26)24-21(30)25(2)20(14)27)9-15(22)18(17)29-11-13-6-4-5-7-16(13)23/h4-10H,3,11H2,1-2H3,(H,24,26,30). The maximum absolute atomic E-state index is 13.9.